The molecule has 0 spiro atoms. The van der Waals surface area contributed by atoms with Gasteiger partial charge in [-0.25, -0.2) is 0 Å². The zero-order valence-corrected chi connectivity index (χ0v) is 11.4. The first kappa shape index (κ1) is 16.6. The van der Waals surface area contributed by atoms with Crippen molar-refractivity contribution in [3.05, 3.63) is 23.2 Å². The summed E-state index contributed by atoms with van der Waals surface area (Å²) in [5, 5.41) is 2.71. The number of alkyl halides is 3. The fraction of sp³-hybridized carbons (Fsp3) is 0.417. The molecule has 0 bridgehead atoms. The summed E-state index contributed by atoms with van der Waals surface area (Å²) in [7, 11) is 0. The first-order valence-electron chi connectivity index (χ1n) is 5.73. The smallest absolute Gasteiger partial charge is 0.422 e. The number of carbonyl (C=O) groups is 1. The van der Waals surface area contributed by atoms with Crippen LogP contribution in [-0.2, 0) is 4.79 Å². The van der Waals surface area contributed by atoms with Crippen LogP contribution >= 0.6 is 11.6 Å². The van der Waals surface area contributed by atoms with E-state index in [-0.39, 0.29) is 23.0 Å². The second-order valence-electron chi connectivity index (χ2n) is 4.17. The van der Waals surface area contributed by atoms with E-state index in [1.807, 2.05) is 0 Å². The molecule has 1 unspecified atom stereocenters. The van der Waals surface area contributed by atoms with Crippen LogP contribution in [0.15, 0.2) is 18.2 Å². The second kappa shape index (κ2) is 6.81. The Morgan fingerprint density at radius 1 is 1.50 bits per heavy atom. The van der Waals surface area contributed by atoms with Gasteiger partial charge in [-0.05, 0) is 18.2 Å². The number of halogens is 4. The Morgan fingerprint density at radius 3 is 2.70 bits per heavy atom. The summed E-state index contributed by atoms with van der Waals surface area (Å²) in [6.07, 6.45) is -4.47. The molecule has 1 aromatic carbocycles. The van der Waals surface area contributed by atoms with E-state index in [1.165, 1.54) is 18.2 Å². The Kier molecular flexibility index (Phi) is 5.64. The first-order valence-corrected chi connectivity index (χ1v) is 6.10. The molecular formula is C12H14ClF3N2O2. The van der Waals surface area contributed by atoms with E-state index in [1.54, 1.807) is 6.92 Å². The molecule has 0 fully saturated rings. The van der Waals surface area contributed by atoms with Gasteiger partial charge in [0.1, 0.15) is 5.75 Å². The SMILES string of the molecule is CC(CN)C(=O)Nc1cc(Cl)ccc1OCC(F)(F)F. The average molecular weight is 311 g/mol. The van der Waals surface area contributed by atoms with Gasteiger partial charge in [-0.15, -0.1) is 0 Å². The predicted octanol–water partition coefficient (Wildman–Crippen LogP) is 2.81. The first-order chi connectivity index (χ1) is 9.23. The van der Waals surface area contributed by atoms with Crippen molar-refractivity contribution >= 4 is 23.2 Å². The molecule has 4 nitrogen and oxygen atoms in total. The number of carbonyl (C=O) groups excluding carboxylic acids is 1. The highest BCUT2D eigenvalue weighted by molar-refractivity contribution is 6.31. The number of nitrogens with one attached hydrogen (secondary N) is 1. The third-order valence-electron chi connectivity index (χ3n) is 2.39. The van der Waals surface area contributed by atoms with Crippen molar-refractivity contribution in [3.8, 4) is 5.75 Å². The minimum Gasteiger partial charge on any atom is -0.482 e. The molecule has 0 heterocycles. The highest BCUT2D eigenvalue weighted by Crippen LogP contribution is 2.30. The van der Waals surface area contributed by atoms with Gasteiger partial charge in [0, 0.05) is 17.5 Å². The van der Waals surface area contributed by atoms with Gasteiger partial charge in [0.05, 0.1) is 5.69 Å². The summed E-state index contributed by atoms with van der Waals surface area (Å²) in [6.45, 7) is 0.255. The van der Waals surface area contributed by atoms with Crippen LogP contribution in [0.1, 0.15) is 6.92 Å². The maximum absolute atomic E-state index is 12.1. The number of anilines is 1. The molecular weight excluding hydrogens is 297 g/mol. The minimum atomic E-state index is -4.47. The van der Waals surface area contributed by atoms with Crippen LogP contribution in [0.25, 0.3) is 0 Å². The molecule has 0 saturated carbocycles. The number of amides is 1. The molecule has 1 rings (SSSR count). The van der Waals surface area contributed by atoms with Crippen LogP contribution in [0.3, 0.4) is 0 Å². The van der Waals surface area contributed by atoms with E-state index < -0.39 is 24.6 Å². The summed E-state index contributed by atoms with van der Waals surface area (Å²) < 4.78 is 41.1. The van der Waals surface area contributed by atoms with Crippen LogP contribution in [-0.4, -0.2) is 25.2 Å². The van der Waals surface area contributed by atoms with Crippen LogP contribution in [0.2, 0.25) is 5.02 Å². The normalized spacial score (nSPS) is 12.9. The fourth-order valence-electron chi connectivity index (χ4n) is 1.25. The number of benzene rings is 1. The van der Waals surface area contributed by atoms with Crippen LogP contribution in [0, 0.1) is 5.92 Å². The molecule has 1 amide bonds. The van der Waals surface area contributed by atoms with Crippen LogP contribution in [0.4, 0.5) is 18.9 Å². The summed E-state index contributed by atoms with van der Waals surface area (Å²) >= 11 is 5.75. The lowest BCUT2D eigenvalue weighted by atomic mass is 10.1. The van der Waals surface area contributed by atoms with Gasteiger partial charge in [-0.1, -0.05) is 18.5 Å². The average Bonchev–Trinajstić information content (AvgIpc) is 2.35. The van der Waals surface area contributed by atoms with E-state index in [0.29, 0.717) is 0 Å². The summed E-state index contributed by atoms with van der Waals surface area (Å²) in [4.78, 5) is 11.7. The van der Waals surface area contributed by atoms with Gasteiger partial charge < -0.3 is 15.8 Å². The zero-order chi connectivity index (χ0) is 15.3. The van der Waals surface area contributed by atoms with E-state index in [4.69, 9.17) is 17.3 Å². The number of rotatable bonds is 5. The largest absolute Gasteiger partial charge is 0.482 e. The molecule has 20 heavy (non-hydrogen) atoms. The van der Waals surface area contributed by atoms with E-state index in [2.05, 4.69) is 10.1 Å². The molecule has 8 heteroatoms. The van der Waals surface area contributed by atoms with Crippen molar-refractivity contribution in [2.45, 2.75) is 13.1 Å². The fourth-order valence-corrected chi connectivity index (χ4v) is 1.42. The molecule has 0 aliphatic heterocycles. The van der Waals surface area contributed by atoms with Crippen molar-refractivity contribution in [1.29, 1.82) is 0 Å². The lowest BCUT2D eigenvalue weighted by molar-refractivity contribution is -0.153. The lowest BCUT2D eigenvalue weighted by Crippen LogP contribution is -2.27. The molecule has 0 radical (unpaired) electrons. The Hall–Kier alpha value is -1.47. The third kappa shape index (κ3) is 5.26. The topological polar surface area (TPSA) is 64.4 Å². The molecule has 0 aromatic heterocycles. The van der Waals surface area contributed by atoms with Crippen molar-refractivity contribution in [2.75, 3.05) is 18.5 Å². The van der Waals surface area contributed by atoms with E-state index >= 15 is 0 Å². The Balaban J connectivity index is 2.87. The zero-order valence-electron chi connectivity index (χ0n) is 10.6. The van der Waals surface area contributed by atoms with Gasteiger partial charge in [0.15, 0.2) is 6.61 Å². The minimum absolute atomic E-state index is 0.0760. The highest BCUT2D eigenvalue weighted by Gasteiger charge is 2.29. The number of ether oxygens (including phenoxy) is 1. The number of hydrogen-bond donors (Lipinski definition) is 2. The Labute approximate surface area is 119 Å². The maximum Gasteiger partial charge on any atom is 0.422 e. The van der Waals surface area contributed by atoms with Crippen molar-refractivity contribution in [1.82, 2.24) is 0 Å². The summed E-state index contributed by atoms with van der Waals surface area (Å²) in [5.41, 5.74) is 5.42. The Bertz CT molecular complexity index is 480. The van der Waals surface area contributed by atoms with E-state index in [0.717, 1.165) is 0 Å². The van der Waals surface area contributed by atoms with Gasteiger partial charge in [0.25, 0.3) is 0 Å². The standard InChI is InChI=1S/C12H14ClF3N2O2/c1-7(5-17)11(19)18-9-4-8(13)2-3-10(9)20-6-12(14,15)16/h2-4,7H,5-6,17H2,1H3,(H,18,19). The molecule has 1 aromatic rings. The lowest BCUT2D eigenvalue weighted by Gasteiger charge is -2.15. The van der Waals surface area contributed by atoms with Crippen molar-refractivity contribution in [3.63, 3.8) is 0 Å². The Morgan fingerprint density at radius 2 is 2.15 bits per heavy atom. The van der Waals surface area contributed by atoms with Gasteiger partial charge in [0.2, 0.25) is 5.91 Å². The van der Waals surface area contributed by atoms with Gasteiger partial charge in [-0.2, -0.15) is 13.2 Å². The molecule has 1 atom stereocenters. The summed E-state index contributed by atoms with van der Waals surface area (Å²) in [6, 6.07) is 3.94. The summed E-state index contributed by atoms with van der Waals surface area (Å²) in [5.74, 6) is -1.01. The predicted molar refractivity (Wildman–Crippen MR) is 69.9 cm³/mol. The quantitative estimate of drug-likeness (QED) is 0.879. The van der Waals surface area contributed by atoms with Crippen molar-refractivity contribution < 1.29 is 22.7 Å². The van der Waals surface area contributed by atoms with E-state index in [9.17, 15) is 18.0 Å². The van der Waals surface area contributed by atoms with Crippen LogP contribution < -0.4 is 15.8 Å². The molecule has 0 aliphatic carbocycles. The van der Waals surface area contributed by atoms with Crippen molar-refractivity contribution in [2.24, 2.45) is 11.7 Å². The molecule has 0 aliphatic rings. The number of nitrogens with two attached hydrogens (primary N) is 1. The monoisotopic (exact) mass is 310 g/mol. The van der Waals surface area contributed by atoms with Gasteiger partial charge >= 0.3 is 6.18 Å². The molecule has 112 valence electrons. The number of hydrogen-bond acceptors (Lipinski definition) is 3. The molecule has 3 N–H and O–H groups in total. The molecule has 0 saturated heterocycles. The third-order valence-corrected chi connectivity index (χ3v) is 2.63. The maximum atomic E-state index is 12.1. The highest BCUT2D eigenvalue weighted by atomic mass is 35.5. The van der Waals surface area contributed by atoms with Crippen LogP contribution in [0.5, 0.6) is 5.75 Å². The second-order valence-corrected chi connectivity index (χ2v) is 4.61. The van der Waals surface area contributed by atoms with Gasteiger partial charge in [-0.3, -0.25) is 4.79 Å².